The Bertz CT molecular complexity index is 432. The largest absolute Gasteiger partial charge is 0.431 e. The summed E-state index contributed by atoms with van der Waals surface area (Å²) in [5.41, 5.74) is 2.91. The lowest BCUT2D eigenvalue weighted by molar-refractivity contribution is -0.140. The van der Waals surface area contributed by atoms with E-state index in [2.05, 4.69) is 13.5 Å². The predicted octanol–water partition coefficient (Wildman–Crippen LogP) is 3.59. The minimum Gasteiger partial charge on any atom is -0.431 e. The molecule has 1 heterocycles. The number of rotatable bonds is 0. The summed E-state index contributed by atoms with van der Waals surface area (Å²) in [6.45, 7) is 8.56. The van der Waals surface area contributed by atoms with Crippen LogP contribution in [0.2, 0.25) is 0 Å². The molecule has 1 saturated carbocycles. The van der Waals surface area contributed by atoms with Gasteiger partial charge in [-0.1, -0.05) is 19.1 Å². The van der Waals surface area contributed by atoms with Crippen LogP contribution in [0, 0.1) is 17.3 Å². The molecular weight excluding hydrogens is 212 g/mol. The van der Waals surface area contributed by atoms with E-state index < -0.39 is 0 Å². The monoisotopic (exact) mass is 232 g/mol. The lowest BCUT2D eigenvalue weighted by atomic mass is 9.58. The molecule has 0 aromatic heterocycles. The quantitative estimate of drug-likeness (QED) is 0.471. The molecule has 0 bridgehead atoms. The molecule has 2 nitrogen and oxygen atoms in total. The van der Waals surface area contributed by atoms with Crippen molar-refractivity contribution in [2.75, 3.05) is 0 Å². The van der Waals surface area contributed by atoms with E-state index in [0.29, 0.717) is 5.92 Å². The van der Waals surface area contributed by atoms with Gasteiger partial charge in [0, 0.05) is 6.42 Å². The molecule has 0 saturated heterocycles. The minimum absolute atomic E-state index is 0.0238. The normalized spacial score (nSPS) is 41.1. The number of carbonyl (C=O) groups is 1. The van der Waals surface area contributed by atoms with E-state index in [0.717, 1.165) is 25.0 Å². The van der Waals surface area contributed by atoms with E-state index in [1.807, 2.05) is 6.92 Å². The van der Waals surface area contributed by atoms with Gasteiger partial charge in [0.05, 0.1) is 5.92 Å². The van der Waals surface area contributed by atoms with E-state index in [1.165, 1.54) is 24.0 Å². The third-order valence-corrected chi connectivity index (χ3v) is 5.03. The van der Waals surface area contributed by atoms with Crippen LogP contribution in [0.15, 0.2) is 23.5 Å². The Kier molecular flexibility index (Phi) is 2.26. The van der Waals surface area contributed by atoms with Gasteiger partial charge in [-0.05, 0) is 49.5 Å². The van der Waals surface area contributed by atoms with Crippen molar-refractivity contribution in [1.82, 2.24) is 0 Å². The van der Waals surface area contributed by atoms with Crippen LogP contribution in [-0.2, 0) is 9.53 Å². The Morgan fingerprint density at radius 3 is 3.00 bits per heavy atom. The van der Waals surface area contributed by atoms with Crippen LogP contribution in [0.25, 0.3) is 0 Å². The zero-order valence-corrected chi connectivity index (χ0v) is 10.7. The van der Waals surface area contributed by atoms with Crippen molar-refractivity contribution in [3.63, 3.8) is 0 Å². The number of carbonyl (C=O) groups excluding carboxylic acids is 1. The van der Waals surface area contributed by atoms with Crippen LogP contribution in [0.3, 0.4) is 0 Å². The molecule has 0 radical (unpaired) electrons. The van der Waals surface area contributed by atoms with Gasteiger partial charge >= 0.3 is 5.97 Å². The topological polar surface area (TPSA) is 26.3 Å². The Labute approximate surface area is 103 Å². The van der Waals surface area contributed by atoms with Gasteiger partial charge in [0.25, 0.3) is 0 Å². The molecule has 0 N–H and O–H groups in total. The van der Waals surface area contributed by atoms with Crippen molar-refractivity contribution in [2.24, 2.45) is 17.3 Å². The Balaban J connectivity index is 1.97. The van der Waals surface area contributed by atoms with Gasteiger partial charge in [-0.2, -0.15) is 0 Å². The second kappa shape index (κ2) is 3.47. The standard InChI is InChI=1S/C15H20O2/c1-9-5-4-6-15(3)8-13-11(7-12(9)15)10(2)14(16)17-13/h10,12H,1,4-8H2,2-3H3/t10-,12+,15-/m1/s1. The van der Waals surface area contributed by atoms with E-state index in [9.17, 15) is 4.79 Å². The minimum atomic E-state index is -0.0529. The first kappa shape index (κ1) is 11.1. The summed E-state index contributed by atoms with van der Waals surface area (Å²) in [7, 11) is 0. The van der Waals surface area contributed by atoms with Gasteiger partial charge in [-0.25, -0.2) is 0 Å². The third kappa shape index (κ3) is 1.50. The molecule has 1 aliphatic heterocycles. The summed E-state index contributed by atoms with van der Waals surface area (Å²) >= 11 is 0. The molecule has 3 atom stereocenters. The average Bonchev–Trinajstić information content (AvgIpc) is 2.52. The summed E-state index contributed by atoms with van der Waals surface area (Å²) in [5, 5.41) is 0. The van der Waals surface area contributed by atoms with Crippen molar-refractivity contribution in [3.05, 3.63) is 23.5 Å². The molecule has 92 valence electrons. The van der Waals surface area contributed by atoms with Crippen LogP contribution < -0.4 is 0 Å². The van der Waals surface area contributed by atoms with Crippen molar-refractivity contribution in [1.29, 1.82) is 0 Å². The molecule has 0 amide bonds. The first-order valence-corrected chi connectivity index (χ1v) is 6.62. The lowest BCUT2D eigenvalue weighted by Crippen LogP contribution is -2.36. The predicted molar refractivity (Wildman–Crippen MR) is 66.1 cm³/mol. The third-order valence-electron chi connectivity index (χ3n) is 5.03. The van der Waals surface area contributed by atoms with Gasteiger partial charge in [-0.3, -0.25) is 4.79 Å². The maximum Gasteiger partial charge on any atom is 0.317 e. The zero-order valence-electron chi connectivity index (χ0n) is 10.7. The van der Waals surface area contributed by atoms with Gasteiger partial charge < -0.3 is 4.74 Å². The zero-order chi connectivity index (χ0) is 12.2. The molecule has 0 unspecified atom stereocenters. The Morgan fingerprint density at radius 1 is 1.47 bits per heavy atom. The number of hydrogen-bond acceptors (Lipinski definition) is 2. The molecule has 0 spiro atoms. The van der Waals surface area contributed by atoms with Gasteiger partial charge in [0.2, 0.25) is 0 Å². The fourth-order valence-corrected chi connectivity index (χ4v) is 3.85. The van der Waals surface area contributed by atoms with Crippen LogP contribution in [-0.4, -0.2) is 5.97 Å². The number of hydrogen-bond donors (Lipinski definition) is 0. The second-order valence-electron chi connectivity index (χ2n) is 6.19. The highest BCUT2D eigenvalue weighted by Gasteiger charge is 2.47. The van der Waals surface area contributed by atoms with Crippen molar-refractivity contribution in [2.45, 2.75) is 46.0 Å². The summed E-state index contributed by atoms with van der Waals surface area (Å²) in [6, 6.07) is 0. The molecule has 0 aromatic carbocycles. The smallest absolute Gasteiger partial charge is 0.317 e. The van der Waals surface area contributed by atoms with Crippen LogP contribution >= 0.6 is 0 Å². The second-order valence-corrected chi connectivity index (χ2v) is 6.19. The van der Waals surface area contributed by atoms with Crippen molar-refractivity contribution < 1.29 is 9.53 Å². The SMILES string of the molecule is C=C1CCC[C@]2(C)CC3=C(C[C@@H]12)[C@@H](C)C(=O)O3. The summed E-state index contributed by atoms with van der Waals surface area (Å²) in [4.78, 5) is 11.6. The van der Waals surface area contributed by atoms with Crippen LogP contribution in [0.5, 0.6) is 0 Å². The van der Waals surface area contributed by atoms with Crippen molar-refractivity contribution in [3.8, 4) is 0 Å². The molecule has 0 aromatic rings. The first-order chi connectivity index (χ1) is 8.01. The molecule has 3 aliphatic rings. The van der Waals surface area contributed by atoms with Crippen LogP contribution in [0.1, 0.15) is 46.0 Å². The Morgan fingerprint density at radius 2 is 2.24 bits per heavy atom. The number of esters is 1. The Hall–Kier alpha value is -1.05. The fraction of sp³-hybridized carbons (Fsp3) is 0.667. The van der Waals surface area contributed by atoms with Gasteiger partial charge in [-0.15, -0.1) is 0 Å². The highest BCUT2D eigenvalue weighted by Crippen LogP contribution is 2.56. The van der Waals surface area contributed by atoms with E-state index in [-0.39, 0.29) is 17.3 Å². The molecule has 1 fully saturated rings. The lowest BCUT2D eigenvalue weighted by Gasteiger charge is -2.46. The first-order valence-electron chi connectivity index (χ1n) is 6.62. The average molecular weight is 232 g/mol. The van der Waals surface area contributed by atoms with Crippen LogP contribution in [0.4, 0.5) is 0 Å². The summed E-state index contributed by atoms with van der Waals surface area (Å²) in [6.07, 6.45) is 5.56. The highest BCUT2D eigenvalue weighted by atomic mass is 16.5. The molecule has 17 heavy (non-hydrogen) atoms. The number of ether oxygens (including phenoxy) is 1. The van der Waals surface area contributed by atoms with Gasteiger partial charge in [0.1, 0.15) is 5.76 Å². The fourth-order valence-electron chi connectivity index (χ4n) is 3.85. The van der Waals surface area contributed by atoms with E-state index in [4.69, 9.17) is 4.74 Å². The van der Waals surface area contributed by atoms with Crippen molar-refractivity contribution >= 4 is 5.97 Å². The molecule has 2 heteroatoms. The van der Waals surface area contributed by atoms with E-state index >= 15 is 0 Å². The maximum atomic E-state index is 11.6. The van der Waals surface area contributed by atoms with Gasteiger partial charge in [0.15, 0.2) is 0 Å². The number of allylic oxidation sites excluding steroid dienone is 2. The number of fused-ring (bicyclic) bond motifs is 1. The highest BCUT2D eigenvalue weighted by molar-refractivity contribution is 5.80. The maximum absolute atomic E-state index is 11.6. The molecular formula is C15H20O2. The van der Waals surface area contributed by atoms with E-state index in [1.54, 1.807) is 0 Å². The summed E-state index contributed by atoms with van der Waals surface area (Å²) < 4.78 is 5.44. The summed E-state index contributed by atoms with van der Waals surface area (Å²) in [5.74, 6) is 1.47. The molecule has 2 aliphatic carbocycles. The molecule has 3 rings (SSSR count).